The van der Waals surface area contributed by atoms with Crippen LogP contribution < -0.4 is 4.90 Å². The lowest BCUT2D eigenvalue weighted by atomic mass is 10.2. The van der Waals surface area contributed by atoms with Crippen LogP contribution in [0.4, 0.5) is 11.5 Å². The summed E-state index contributed by atoms with van der Waals surface area (Å²) in [5.74, 6) is 0.280. The van der Waals surface area contributed by atoms with Crippen molar-refractivity contribution >= 4 is 11.5 Å². The summed E-state index contributed by atoms with van der Waals surface area (Å²) < 4.78 is 0. The van der Waals surface area contributed by atoms with Gasteiger partial charge in [0.1, 0.15) is 0 Å². The number of rotatable bonds is 6. The molecule has 96 valence electrons. The molecule has 6 nitrogen and oxygen atoms in total. The largest absolute Gasteiger partial charge is 0.367 e. The number of aromatic nitrogens is 1. The van der Waals surface area contributed by atoms with Crippen molar-refractivity contribution in [3.05, 3.63) is 28.4 Å². The molecule has 0 spiro atoms. The first kappa shape index (κ1) is 13.9. The summed E-state index contributed by atoms with van der Waals surface area (Å²) in [5.41, 5.74) is 0.810. The molecule has 0 saturated heterocycles. The second-order valence-corrected chi connectivity index (χ2v) is 4.38. The quantitative estimate of drug-likeness (QED) is 0.570. The molecular formula is C12H16N4O2. The molecule has 0 aromatic carbocycles. The van der Waals surface area contributed by atoms with Crippen LogP contribution >= 0.6 is 0 Å². The molecule has 18 heavy (non-hydrogen) atoms. The molecule has 0 N–H and O–H groups in total. The van der Waals surface area contributed by atoms with Gasteiger partial charge in [0, 0.05) is 19.2 Å². The van der Waals surface area contributed by atoms with Crippen molar-refractivity contribution in [2.45, 2.75) is 20.3 Å². The molecule has 1 aromatic heterocycles. The van der Waals surface area contributed by atoms with Crippen molar-refractivity contribution in [1.82, 2.24) is 4.98 Å². The van der Waals surface area contributed by atoms with Gasteiger partial charge in [0.2, 0.25) is 0 Å². The van der Waals surface area contributed by atoms with E-state index in [1.54, 1.807) is 6.07 Å². The Labute approximate surface area is 106 Å². The van der Waals surface area contributed by atoms with Crippen molar-refractivity contribution in [3.8, 4) is 6.07 Å². The third-order valence-electron chi connectivity index (χ3n) is 2.36. The van der Waals surface area contributed by atoms with E-state index in [1.165, 1.54) is 12.3 Å². The van der Waals surface area contributed by atoms with E-state index in [0.717, 1.165) is 12.2 Å². The third kappa shape index (κ3) is 4.01. The maximum absolute atomic E-state index is 10.5. The van der Waals surface area contributed by atoms with Crippen LogP contribution in [0.2, 0.25) is 0 Å². The fourth-order valence-corrected chi connectivity index (χ4v) is 1.62. The molecule has 0 fully saturated rings. The van der Waals surface area contributed by atoms with E-state index in [0.29, 0.717) is 18.9 Å². The van der Waals surface area contributed by atoms with Crippen LogP contribution in [0.15, 0.2) is 18.3 Å². The van der Waals surface area contributed by atoms with Gasteiger partial charge < -0.3 is 15.0 Å². The molecule has 6 heteroatoms. The van der Waals surface area contributed by atoms with Crippen LogP contribution in [0.3, 0.4) is 0 Å². The van der Waals surface area contributed by atoms with Crippen LogP contribution in [0.5, 0.6) is 0 Å². The summed E-state index contributed by atoms with van der Waals surface area (Å²) in [7, 11) is 0. The molecule has 0 aliphatic rings. The highest BCUT2D eigenvalue weighted by atomic mass is 16.6. The number of hydrogen-bond acceptors (Lipinski definition) is 5. The van der Waals surface area contributed by atoms with Gasteiger partial charge in [-0.3, -0.25) is 0 Å². The highest BCUT2D eigenvalue weighted by molar-refractivity contribution is 5.46. The monoisotopic (exact) mass is 248 g/mol. The van der Waals surface area contributed by atoms with Crippen LogP contribution in [0.25, 0.3) is 0 Å². The van der Waals surface area contributed by atoms with Gasteiger partial charge in [-0.05, 0) is 21.9 Å². The summed E-state index contributed by atoms with van der Waals surface area (Å²) in [6.45, 7) is 5.56. The van der Waals surface area contributed by atoms with Gasteiger partial charge in [-0.15, -0.1) is 0 Å². The van der Waals surface area contributed by atoms with Crippen LogP contribution in [0, 0.1) is 27.4 Å². The number of nitriles is 1. The molecule has 0 radical (unpaired) electrons. The fraction of sp³-hybridized carbons (Fsp3) is 0.500. The normalized spacial score (nSPS) is 10.1. The molecule has 0 aliphatic heterocycles. The summed E-state index contributed by atoms with van der Waals surface area (Å²) >= 11 is 0. The highest BCUT2D eigenvalue weighted by Gasteiger charge is 2.12. The maximum atomic E-state index is 10.5. The maximum Gasteiger partial charge on any atom is 0.363 e. The molecule has 0 saturated carbocycles. The Morgan fingerprint density at radius 3 is 2.72 bits per heavy atom. The van der Waals surface area contributed by atoms with Crippen LogP contribution in [-0.2, 0) is 0 Å². The molecule has 1 aromatic rings. The number of hydrogen-bond donors (Lipinski definition) is 0. The molecule has 0 bridgehead atoms. The average molecular weight is 248 g/mol. The minimum absolute atomic E-state index is 0.163. The SMILES string of the molecule is CC(C)CN(CCC#N)c1ccc([N+](=O)[O-])nc1. The minimum Gasteiger partial charge on any atom is -0.367 e. The van der Waals surface area contributed by atoms with E-state index in [1.807, 2.05) is 4.90 Å². The number of nitrogens with zero attached hydrogens (tertiary/aromatic N) is 4. The number of anilines is 1. The Kier molecular flexibility index (Phi) is 5.06. The van der Waals surface area contributed by atoms with E-state index in [9.17, 15) is 10.1 Å². The van der Waals surface area contributed by atoms with E-state index in [-0.39, 0.29) is 5.82 Å². The lowest BCUT2D eigenvalue weighted by Crippen LogP contribution is -2.28. The Morgan fingerprint density at radius 1 is 1.56 bits per heavy atom. The second kappa shape index (κ2) is 6.55. The highest BCUT2D eigenvalue weighted by Crippen LogP contribution is 2.17. The summed E-state index contributed by atoms with van der Waals surface area (Å²) in [6, 6.07) is 5.16. The number of pyridine rings is 1. The summed E-state index contributed by atoms with van der Waals surface area (Å²) in [5, 5.41) is 19.1. The third-order valence-corrected chi connectivity index (χ3v) is 2.36. The molecule has 0 unspecified atom stereocenters. The fourth-order valence-electron chi connectivity index (χ4n) is 1.62. The molecule has 1 heterocycles. The number of nitro groups is 1. The van der Waals surface area contributed by atoms with Gasteiger partial charge in [0.05, 0.1) is 18.2 Å². The van der Waals surface area contributed by atoms with Gasteiger partial charge >= 0.3 is 5.82 Å². The zero-order valence-electron chi connectivity index (χ0n) is 10.5. The smallest absolute Gasteiger partial charge is 0.363 e. The predicted molar refractivity (Wildman–Crippen MR) is 68.2 cm³/mol. The van der Waals surface area contributed by atoms with Gasteiger partial charge in [0.25, 0.3) is 0 Å². The Bertz CT molecular complexity index is 436. The van der Waals surface area contributed by atoms with Gasteiger partial charge in [-0.2, -0.15) is 5.26 Å². The standard InChI is InChI=1S/C12H16N4O2/c1-10(2)9-15(7-3-6-13)11-4-5-12(14-8-11)16(17)18/h4-5,8,10H,3,7,9H2,1-2H3. The van der Waals surface area contributed by atoms with Crippen molar-refractivity contribution in [2.24, 2.45) is 5.92 Å². The summed E-state index contributed by atoms with van der Waals surface area (Å²) in [4.78, 5) is 15.8. The molecule has 0 amide bonds. The Morgan fingerprint density at radius 2 is 2.28 bits per heavy atom. The first-order chi connectivity index (χ1) is 8.54. The van der Waals surface area contributed by atoms with Crippen molar-refractivity contribution < 1.29 is 4.92 Å². The molecule has 0 aliphatic carbocycles. The van der Waals surface area contributed by atoms with Crippen molar-refractivity contribution in [2.75, 3.05) is 18.0 Å². The van der Waals surface area contributed by atoms with E-state index >= 15 is 0 Å². The molecule has 0 atom stereocenters. The lowest BCUT2D eigenvalue weighted by Gasteiger charge is -2.24. The average Bonchev–Trinajstić information content (AvgIpc) is 2.34. The van der Waals surface area contributed by atoms with E-state index in [2.05, 4.69) is 24.9 Å². The lowest BCUT2D eigenvalue weighted by molar-refractivity contribution is -0.389. The zero-order valence-corrected chi connectivity index (χ0v) is 10.5. The van der Waals surface area contributed by atoms with Crippen LogP contribution in [-0.4, -0.2) is 23.0 Å². The first-order valence-electron chi connectivity index (χ1n) is 5.77. The van der Waals surface area contributed by atoms with E-state index < -0.39 is 4.92 Å². The first-order valence-corrected chi connectivity index (χ1v) is 5.77. The van der Waals surface area contributed by atoms with Crippen molar-refractivity contribution in [1.29, 1.82) is 5.26 Å². The zero-order chi connectivity index (χ0) is 13.5. The van der Waals surface area contributed by atoms with Crippen molar-refractivity contribution in [3.63, 3.8) is 0 Å². The Balaban J connectivity index is 2.84. The minimum atomic E-state index is -0.522. The second-order valence-electron chi connectivity index (χ2n) is 4.38. The van der Waals surface area contributed by atoms with E-state index in [4.69, 9.17) is 5.26 Å². The van der Waals surface area contributed by atoms with Crippen LogP contribution in [0.1, 0.15) is 20.3 Å². The molecule has 1 rings (SSSR count). The van der Waals surface area contributed by atoms with Gasteiger partial charge in [0.15, 0.2) is 6.20 Å². The Hall–Kier alpha value is -2.16. The van der Waals surface area contributed by atoms with Gasteiger partial charge in [-0.1, -0.05) is 13.8 Å². The topological polar surface area (TPSA) is 83.1 Å². The summed E-state index contributed by atoms with van der Waals surface area (Å²) in [6.07, 6.45) is 1.90. The molecular weight excluding hydrogens is 232 g/mol. The predicted octanol–water partition coefficient (Wildman–Crippen LogP) is 2.37. The van der Waals surface area contributed by atoms with Gasteiger partial charge in [-0.25, -0.2) is 0 Å².